The van der Waals surface area contributed by atoms with E-state index in [4.69, 9.17) is 0 Å². The molecule has 164 valence electrons. The molecular formula is C18H24F3N7OS. The molecule has 12 heteroatoms. The molecule has 0 spiro atoms. The molecule has 0 aromatic carbocycles. The molecule has 8 nitrogen and oxygen atoms in total. The Morgan fingerprint density at radius 2 is 2.03 bits per heavy atom. The van der Waals surface area contributed by atoms with E-state index in [1.54, 1.807) is 13.1 Å². The van der Waals surface area contributed by atoms with Crippen molar-refractivity contribution in [3.05, 3.63) is 29.7 Å². The van der Waals surface area contributed by atoms with Crippen LogP contribution in [-0.2, 0) is 13.0 Å². The predicted octanol–water partition coefficient (Wildman–Crippen LogP) is 2.33. The fourth-order valence-electron chi connectivity index (χ4n) is 2.90. The minimum atomic E-state index is -4.38. The zero-order chi connectivity index (χ0) is 21.6. The van der Waals surface area contributed by atoms with Crippen molar-refractivity contribution < 1.29 is 17.9 Å². The lowest BCUT2D eigenvalue weighted by Gasteiger charge is -2.36. The van der Waals surface area contributed by atoms with Crippen LogP contribution in [0.5, 0.6) is 5.88 Å². The molecule has 30 heavy (non-hydrogen) atoms. The van der Waals surface area contributed by atoms with Crippen molar-refractivity contribution in [3.8, 4) is 5.88 Å². The van der Waals surface area contributed by atoms with Crippen molar-refractivity contribution in [2.75, 3.05) is 44.7 Å². The summed E-state index contributed by atoms with van der Waals surface area (Å²) in [6, 6.07) is 3.11. The number of alkyl halides is 3. The second-order valence-corrected chi connectivity index (χ2v) is 7.36. The van der Waals surface area contributed by atoms with Crippen LogP contribution in [0.15, 0.2) is 23.3 Å². The number of hydrogen-bond acceptors (Lipinski definition) is 7. The monoisotopic (exact) mass is 443 g/mol. The van der Waals surface area contributed by atoms with Crippen molar-refractivity contribution in [2.45, 2.75) is 26.1 Å². The number of piperazine rings is 1. The minimum Gasteiger partial charge on any atom is -0.468 e. The Kier molecular flexibility index (Phi) is 7.29. The van der Waals surface area contributed by atoms with E-state index < -0.39 is 12.8 Å². The molecular weight excluding hydrogens is 419 g/mol. The maximum Gasteiger partial charge on any atom is 0.422 e. The van der Waals surface area contributed by atoms with Gasteiger partial charge in [0.15, 0.2) is 12.6 Å². The molecule has 0 bridgehead atoms. The molecule has 3 heterocycles. The Hall–Kier alpha value is -2.63. The van der Waals surface area contributed by atoms with Gasteiger partial charge in [0.05, 0.1) is 0 Å². The van der Waals surface area contributed by atoms with E-state index in [-0.39, 0.29) is 5.88 Å². The lowest BCUT2D eigenvalue weighted by Crippen LogP contribution is -2.52. The van der Waals surface area contributed by atoms with Crippen LogP contribution in [0.2, 0.25) is 0 Å². The standard InChI is InChI=1S/C18H24F3N7OS/c1-3-14-25-17(30-26-14)28-8-6-27(7-9-28)16(22-2)24-11-13-4-5-15(23-10-13)29-12-18(19,20)21/h4-5,10H,3,6-9,11-12H2,1-2H3,(H,22,24). The first-order valence-corrected chi connectivity index (χ1v) is 10.3. The Morgan fingerprint density at radius 1 is 1.27 bits per heavy atom. The quantitative estimate of drug-likeness (QED) is 0.542. The van der Waals surface area contributed by atoms with Crippen molar-refractivity contribution in [2.24, 2.45) is 4.99 Å². The van der Waals surface area contributed by atoms with Gasteiger partial charge in [0.2, 0.25) is 11.0 Å². The molecule has 0 aliphatic carbocycles. The smallest absolute Gasteiger partial charge is 0.422 e. The van der Waals surface area contributed by atoms with Gasteiger partial charge in [-0.3, -0.25) is 4.99 Å². The van der Waals surface area contributed by atoms with Crippen molar-refractivity contribution in [1.82, 2.24) is 24.6 Å². The highest BCUT2D eigenvalue weighted by Crippen LogP contribution is 2.19. The average Bonchev–Trinajstić information content (AvgIpc) is 3.23. The topological polar surface area (TPSA) is 78.8 Å². The van der Waals surface area contributed by atoms with E-state index in [1.165, 1.54) is 23.8 Å². The number of aromatic nitrogens is 3. The second-order valence-electron chi connectivity index (χ2n) is 6.63. The van der Waals surface area contributed by atoms with Gasteiger partial charge < -0.3 is 19.9 Å². The Labute approximate surface area is 177 Å². The van der Waals surface area contributed by atoms with Crippen LogP contribution in [0.1, 0.15) is 18.3 Å². The third-order valence-corrected chi connectivity index (χ3v) is 5.28. The van der Waals surface area contributed by atoms with Gasteiger partial charge in [-0.2, -0.15) is 17.5 Å². The summed E-state index contributed by atoms with van der Waals surface area (Å²) in [6.45, 7) is 4.38. The highest BCUT2D eigenvalue weighted by atomic mass is 32.1. The van der Waals surface area contributed by atoms with Crippen LogP contribution < -0.4 is 15.0 Å². The van der Waals surface area contributed by atoms with Crippen LogP contribution in [0.3, 0.4) is 0 Å². The summed E-state index contributed by atoms with van der Waals surface area (Å²) in [4.78, 5) is 17.2. The SMILES string of the molecule is CCc1nsc(N2CCN(C(=NC)NCc3ccc(OCC(F)(F)F)nc3)CC2)n1. The highest BCUT2D eigenvalue weighted by molar-refractivity contribution is 7.09. The number of hydrogen-bond donors (Lipinski definition) is 1. The summed E-state index contributed by atoms with van der Waals surface area (Å²) in [5, 5.41) is 4.22. The number of guanidine groups is 1. The number of aliphatic imine (C=N–C) groups is 1. The molecule has 2 aromatic rings. The van der Waals surface area contributed by atoms with Gasteiger partial charge in [-0.25, -0.2) is 9.97 Å². The van der Waals surface area contributed by atoms with Crippen LogP contribution in [0.4, 0.5) is 18.3 Å². The largest absolute Gasteiger partial charge is 0.468 e. The zero-order valence-electron chi connectivity index (χ0n) is 16.8. The Morgan fingerprint density at radius 3 is 2.60 bits per heavy atom. The number of rotatable bonds is 6. The highest BCUT2D eigenvalue weighted by Gasteiger charge is 2.28. The van der Waals surface area contributed by atoms with Crippen LogP contribution in [0.25, 0.3) is 0 Å². The summed E-state index contributed by atoms with van der Waals surface area (Å²) in [7, 11) is 1.72. The molecule has 3 rings (SSSR count). The summed E-state index contributed by atoms with van der Waals surface area (Å²) in [5.74, 6) is 1.58. The molecule has 1 aliphatic heterocycles. The van der Waals surface area contributed by atoms with Gasteiger partial charge in [-0.1, -0.05) is 13.0 Å². The molecule has 1 aliphatic rings. The predicted molar refractivity (Wildman–Crippen MR) is 109 cm³/mol. The third-order valence-electron chi connectivity index (χ3n) is 4.47. The Balaban J connectivity index is 1.47. The number of anilines is 1. The van der Waals surface area contributed by atoms with E-state index in [1.807, 2.05) is 6.92 Å². The fraction of sp³-hybridized carbons (Fsp3) is 0.556. The number of aryl methyl sites for hydroxylation is 1. The first kappa shape index (κ1) is 22.1. The molecule has 1 fully saturated rings. The number of nitrogens with one attached hydrogen (secondary N) is 1. The van der Waals surface area contributed by atoms with E-state index in [0.29, 0.717) is 6.54 Å². The number of nitrogens with zero attached hydrogens (tertiary/aromatic N) is 6. The molecule has 2 aromatic heterocycles. The zero-order valence-corrected chi connectivity index (χ0v) is 17.6. The summed E-state index contributed by atoms with van der Waals surface area (Å²) in [6.07, 6.45) is -2.06. The summed E-state index contributed by atoms with van der Waals surface area (Å²) >= 11 is 1.43. The lowest BCUT2D eigenvalue weighted by atomic mass is 10.3. The summed E-state index contributed by atoms with van der Waals surface area (Å²) in [5.41, 5.74) is 0.815. The van der Waals surface area contributed by atoms with E-state index in [0.717, 1.165) is 55.1 Å². The van der Waals surface area contributed by atoms with Gasteiger partial charge in [-0.05, 0) is 5.56 Å². The van der Waals surface area contributed by atoms with Crippen LogP contribution >= 0.6 is 11.5 Å². The maximum atomic E-state index is 12.2. The Bertz CT molecular complexity index is 833. The molecule has 0 saturated carbocycles. The van der Waals surface area contributed by atoms with Crippen molar-refractivity contribution in [1.29, 1.82) is 0 Å². The van der Waals surface area contributed by atoms with E-state index in [2.05, 4.69) is 39.2 Å². The van der Waals surface area contributed by atoms with Gasteiger partial charge in [-0.15, -0.1) is 0 Å². The first-order chi connectivity index (χ1) is 14.4. The van der Waals surface area contributed by atoms with Gasteiger partial charge in [0.1, 0.15) is 5.82 Å². The van der Waals surface area contributed by atoms with Crippen molar-refractivity contribution in [3.63, 3.8) is 0 Å². The number of halogens is 3. The average molecular weight is 443 g/mol. The number of ether oxygens (including phenoxy) is 1. The second kappa shape index (κ2) is 9.92. The summed E-state index contributed by atoms with van der Waals surface area (Å²) < 4.78 is 45.5. The lowest BCUT2D eigenvalue weighted by molar-refractivity contribution is -0.154. The number of pyridine rings is 1. The van der Waals surface area contributed by atoms with E-state index in [9.17, 15) is 13.2 Å². The minimum absolute atomic E-state index is 0.0560. The van der Waals surface area contributed by atoms with Crippen LogP contribution in [0, 0.1) is 0 Å². The van der Waals surface area contributed by atoms with Crippen molar-refractivity contribution >= 4 is 22.6 Å². The molecule has 0 unspecified atom stereocenters. The fourth-order valence-corrected chi connectivity index (χ4v) is 3.70. The third kappa shape index (κ3) is 6.18. The molecule has 0 atom stereocenters. The normalized spacial score (nSPS) is 15.4. The van der Waals surface area contributed by atoms with Gasteiger partial charge in [0, 0.05) is 70.0 Å². The molecule has 0 amide bonds. The van der Waals surface area contributed by atoms with Gasteiger partial charge in [0.25, 0.3) is 0 Å². The van der Waals surface area contributed by atoms with Gasteiger partial charge >= 0.3 is 6.18 Å². The molecule has 0 radical (unpaired) electrons. The maximum absolute atomic E-state index is 12.2. The molecule has 1 N–H and O–H groups in total. The van der Waals surface area contributed by atoms with Crippen LogP contribution in [-0.4, -0.2) is 71.2 Å². The molecule has 1 saturated heterocycles. The van der Waals surface area contributed by atoms with E-state index >= 15 is 0 Å². The first-order valence-electron chi connectivity index (χ1n) is 9.55.